The first-order chi connectivity index (χ1) is 12.2. The Morgan fingerprint density at radius 2 is 2.04 bits per heavy atom. The first-order valence-electron chi connectivity index (χ1n) is 7.73. The Labute approximate surface area is 158 Å². The molecule has 7 heteroatoms. The summed E-state index contributed by atoms with van der Waals surface area (Å²) in [4.78, 5) is 6.77. The SMILES string of the molecule is CNSC1=CC=C(c2csc(Nc3ccc(S(C)=O)cc3)n2)C=CC1. The normalized spacial score (nSPS) is 15.3. The average molecular weight is 390 g/mol. The molecule has 0 saturated carbocycles. The standard InChI is InChI=1S/C18H19N3OS3/c1-19-24-15-5-3-4-13(6-9-15)17-12-23-18(21-17)20-14-7-10-16(11-8-14)25(2)22/h3-4,6-12,19H,5H2,1-2H3,(H,20,21). The van der Waals surface area contributed by atoms with Gasteiger partial charge in [-0.2, -0.15) is 0 Å². The zero-order valence-electron chi connectivity index (χ0n) is 14.0. The van der Waals surface area contributed by atoms with E-state index in [-0.39, 0.29) is 0 Å². The minimum Gasteiger partial charge on any atom is -0.332 e. The van der Waals surface area contributed by atoms with E-state index < -0.39 is 10.8 Å². The highest BCUT2D eigenvalue weighted by Crippen LogP contribution is 2.28. The van der Waals surface area contributed by atoms with Crippen LogP contribution in [0, 0.1) is 0 Å². The van der Waals surface area contributed by atoms with Crippen LogP contribution in [0.3, 0.4) is 0 Å². The Bertz CT molecular complexity index is 851. The molecular formula is C18H19N3OS3. The lowest BCUT2D eigenvalue weighted by Gasteiger charge is -2.03. The Hall–Kier alpha value is -1.67. The number of rotatable bonds is 6. The van der Waals surface area contributed by atoms with Crippen LogP contribution in [0.5, 0.6) is 0 Å². The molecule has 0 fully saturated rings. The molecule has 1 aliphatic carbocycles. The molecule has 1 aromatic carbocycles. The van der Waals surface area contributed by atoms with Gasteiger partial charge in [0.1, 0.15) is 0 Å². The van der Waals surface area contributed by atoms with E-state index in [0.29, 0.717) is 0 Å². The lowest BCUT2D eigenvalue weighted by molar-refractivity contribution is 0.687. The van der Waals surface area contributed by atoms with Crippen molar-refractivity contribution >= 4 is 50.5 Å². The summed E-state index contributed by atoms with van der Waals surface area (Å²) in [5.41, 5.74) is 3.00. The first-order valence-corrected chi connectivity index (χ1v) is 11.0. The van der Waals surface area contributed by atoms with Crippen LogP contribution >= 0.6 is 23.3 Å². The molecule has 1 aromatic heterocycles. The third-order valence-electron chi connectivity index (χ3n) is 3.54. The van der Waals surface area contributed by atoms with Gasteiger partial charge in [0.15, 0.2) is 5.13 Å². The minimum atomic E-state index is -0.957. The van der Waals surface area contributed by atoms with Crippen LogP contribution in [0.1, 0.15) is 12.1 Å². The van der Waals surface area contributed by atoms with Gasteiger partial charge in [0.05, 0.1) is 5.69 Å². The molecule has 1 atom stereocenters. The third kappa shape index (κ3) is 4.92. The molecule has 130 valence electrons. The zero-order chi connectivity index (χ0) is 17.6. The van der Waals surface area contributed by atoms with E-state index in [2.05, 4.69) is 44.7 Å². The van der Waals surface area contributed by atoms with Crippen molar-refractivity contribution in [1.82, 2.24) is 9.71 Å². The van der Waals surface area contributed by atoms with E-state index in [1.807, 2.05) is 31.3 Å². The topological polar surface area (TPSA) is 54.0 Å². The smallest absolute Gasteiger partial charge is 0.187 e. The summed E-state index contributed by atoms with van der Waals surface area (Å²) in [7, 11) is 0.968. The Morgan fingerprint density at radius 1 is 1.24 bits per heavy atom. The number of hydrogen-bond acceptors (Lipinski definition) is 6. The highest BCUT2D eigenvalue weighted by Gasteiger charge is 2.08. The monoisotopic (exact) mass is 389 g/mol. The van der Waals surface area contributed by atoms with E-state index in [1.54, 1.807) is 29.5 Å². The number of nitrogens with one attached hydrogen (secondary N) is 2. The number of thiazole rings is 1. The van der Waals surface area contributed by atoms with Crippen LogP contribution in [0.4, 0.5) is 10.8 Å². The Kier molecular flexibility index (Phi) is 6.25. The van der Waals surface area contributed by atoms with E-state index in [4.69, 9.17) is 0 Å². The number of nitrogens with zero attached hydrogens (tertiary/aromatic N) is 1. The highest BCUT2D eigenvalue weighted by atomic mass is 32.2. The van der Waals surface area contributed by atoms with Crippen LogP contribution in [0.25, 0.3) is 5.57 Å². The molecule has 0 spiro atoms. The molecule has 3 rings (SSSR count). The van der Waals surface area contributed by atoms with Crippen LogP contribution in [-0.2, 0) is 10.8 Å². The number of hydrogen-bond donors (Lipinski definition) is 2. The molecule has 25 heavy (non-hydrogen) atoms. The van der Waals surface area contributed by atoms with Gasteiger partial charge >= 0.3 is 0 Å². The Morgan fingerprint density at radius 3 is 2.76 bits per heavy atom. The van der Waals surface area contributed by atoms with E-state index >= 15 is 0 Å². The summed E-state index contributed by atoms with van der Waals surface area (Å²) in [5.74, 6) is 0. The molecule has 0 saturated heterocycles. The van der Waals surface area contributed by atoms with E-state index in [0.717, 1.165) is 33.4 Å². The summed E-state index contributed by atoms with van der Waals surface area (Å²) in [5, 5.41) is 6.20. The van der Waals surface area contributed by atoms with Crippen molar-refractivity contribution in [2.75, 3.05) is 18.6 Å². The van der Waals surface area contributed by atoms with Crippen LogP contribution in [0.2, 0.25) is 0 Å². The highest BCUT2D eigenvalue weighted by molar-refractivity contribution is 8.01. The quantitative estimate of drug-likeness (QED) is 0.700. The fourth-order valence-electron chi connectivity index (χ4n) is 2.30. The lowest BCUT2D eigenvalue weighted by atomic mass is 10.2. The number of allylic oxidation sites excluding steroid dienone is 6. The molecule has 0 radical (unpaired) electrons. The zero-order valence-corrected chi connectivity index (χ0v) is 16.4. The van der Waals surface area contributed by atoms with E-state index in [1.165, 1.54) is 4.91 Å². The fourth-order valence-corrected chi connectivity index (χ4v) is 4.14. The van der Waals surface area contributed by atoms with Gasteiger partial charge in [-0.25, -0.2) is 4.98 Å². The van der Waals surface area contributed by atoms with Gasteiger partial charge in [-0.3, -0.25) is 8.93 Å². The van der Waals surface area contributed by atoms with Crippen LogP contribution in [-0.4, -0.2) is 22.5 Å². The molecule has 1 heterocycles. The predicted octanol–water partition coefficient (Wildman–Crippen LogP) is 4.72. The number of benzene rings is 1. The van der Waals surface area contributed by atoms with Gasteiger partial charge in [0, 0.05) is 43.5 Å². The molecule has 0 aliphatic heterocycles. The van der Waals surface area contributed by atoms with Crippen molar-refractivity contribution in [2.24, 2.45) is 0 Å². The summed E-state index contributed by atoms with van der Waals surface area (Å²) in [6.45, 7) is 0. The number of anilines is 2. The maximum Gasteiger partial charge on any atom is 0.187 e. The second-order valence-corrected chi connectivity index (χ2v) is 8.68. The molecule has 2 N–H and O–H groups in total. The van der Waals surface area contributed by atoms with Crippen molar-refractivity contribution in [1.29, 1.82) is 0 Å². The Balaban J connectivity index is 1.73. The fraction of sp³-hybridized carbons (Fsp3) is 0.167. The van der Waals surface area contributed by atoms with Gasteiger partial charge in [-0.15, -0.1) is 11.3 Å². The van der Waals surface area contributed by atoms with Gasteiger partial charge in [0.2, 0.25) is 0 Å². The predicted molar refractivity (Wildman–Crippen MR) is 111 cm³/mol. The second kappa shape index (κ2) is 8.62. The van der Waals surface area contributed by atoms with Crippen molar-refractivity contribution in [2.45, 2.75) is 11.3 Å². The summed E-state index contributed by atoms with van der Waals surface area (Å²) < 4.78 is 14.5. The van der Waals surface area contributed by atoms with Crippen molar-refractivity contribution in [3.8, 4) is 0 Å². The molecule has 2 aromatic rings. The average Bonchev–Trinajstić information content (AvgIpc) is 2.94. The molecule has 1 unspecified atom stereocenters. The maximum absolute atomic E-state index is 11.4. The molecule has 0 bridgehead atoms. The van der Waals surface area contributed by atoms with Crippen LogP contribution < -0.4 is 10.0 Å². The third-order valence-corrected chi connectivity index (χ3v) is 6.00. The van der Waals surface area contributed by atoms with Gasteiger partial charge < -0.3 is 5.32 Å². The summed E-state index contributed by atoms with van der Waals surface area (Å²) >= 11 is 3.21. The van der Waals surface area contributed by atoms with Crippen molar-refractivity contribution in [3.63, 3.8) is 0 Å². The molecule has 4 nitrogen and oxygen atoms in total. The largest absolute Gasteiger partial charge is 0.332 e. The van der Waals surface area contributed by atoms with Crippen molar-refractivity contribution in [3.05, 3.63) is 64.5 Å². The first kappa shape index (κ1) is 18.1. The summed E-state index contributed by atoms with van der Waals surface area (Å²) in [6, 6.07) is 7.59. The van der Waals surface area contributed by atoms with Crippen LogP contribution in [0.15, 0.2) is 63.8 Å². The number of aromatic nitrogens is 1. The lowest BCUT2D eigenvalue weighted by Crippen LogP contribution is -1.92. The molecule has 1 aliphatic rings. The second-order valence-electron chi connectivity index (χ2n) is 5.31. The van der Waals surface area contributed by atoms with Crippen molar-refractivity contribution < 1.29 is 4.21 Å². The summed E-state index contributed by atoms with van der Waals surface area (Å²) in [6.07, 6.45) is 11.1. The van der Waals surface area contributed by atoms with Gasteiger partial charge in [-0.1, -0.05) is 24.3 Å². The maximum atomic E-state index is 11.4. The van der Waals surface area contributed by atoms with E-state index in [9.17, 15) is 4.21 Å². The molecule has 0 amide bonds. The van der Waals surface area contributed by atoms with Gasteiger partial charge in [0.25, 0.3) is 0 Å². The van der Waals surface area contributed by atoms with Gasteiger partial charge in [-0.05, 0) is 49.7 Å². The minimum absolute atomic E-state index is 0.821. The molecular weight excluding hydrogens is 370 g/mol.